The van der Waals surface area contributed by atoms with Crippen LogP contribution in [0.2, 0.25) is 5.02 Å². The molecule has 1 amide bonds. The second-order valence-corrected chi connectivity index (χ2v) is 9.37. The second-order valence-electron chi connectivity index (χ2n) is 7.69. The molecule has 4 rings (SSSR count). The summed E-state index contributed by atoms with van der Waals surface area (Å²) in [6, 6.07) is 13.7. The predicted molar refractivity (Wildman–Crippen MR) is 126 cm³/mol. The van der Waals surface area contributed by atoms with Gasteiger partial charge in [-0.05, 0) is 48.4 Å². The van der Waals surface area contributed by atoms with Gasteiger partial charge in [-0.15, -0.1) is 11.8 Å². The Bertz CT molecular complexity index is 1020. The molecule has 1 aliphatic heterocycles. The Balaban J connectivity index is 1.62. The van der Waals surface area contributed by atoms with Crippen LogP contribution < -0.4 is 9.64 Å². The molecule has 0 radical (unpaired) electrons. The van der Waals surface area contributed by atoms with Crippen LogP contribution in [-0.2, 0) is 11.3 Å². The number of fused-ring (bicyclic) bond motifs is 1. The number of aromatic nitrogens is 2. The molecule has 2 atom stereocenters. The third-order valence-electron chi connectivity index (χ3n) is 5.44. The maximum absolute atomic E-state index is 12.9. The number of ether oxygens (including phenoxy) is 1. The Kier molecular flexibility index (Phi) is 6.88. The number of hydrogen-bond donors (Lipinski definition) is 0. The number of thioether (sulfide) groups is 1. The van der Waals surface area contributed by atoms with Crippen LogP contribution in [0.3, 0.4) is 0 Å². The van der Waals surface area contributed by atoms with Crippen molar-refractivity contribution in [1.82, 2.24) is 9.55 Å². The first-order valence-corrected chi connectivity index (χ1v) is 11.8. The lowest BCUT2D eigenvalue weighted by atomic mass is 10.1. The van der Waals surface area contributed by atoms with Crippen LogP contribution in [0.15, 0.2) is 66.1 Å². The summed E-state index contributed by atoms with van der Waals surface area (Å²) in [5.41, 5.74) is 1.95. The number of carbonyl (C=O) groups excluding carboxylic acids is 1. The first-order valence-electron chi connectivity index (χ1n) is 10.5. The van der Waals surface area contributed by atoms with Crippen molar-refractivity contribution in [3.63, 3.8) is 0 Å². The molecule has 0 fully saturated rings. The topological polar surface area (TPSA) is 47.4 Å². The Labute approximate surface area is 192 Å². The van der Waals surface area contributed by atoms with Gasteiger partial charge in [0, 0.05) is 29.4 Å². The Morgan fingerprint density at radius 2 is 2.03 bits per heavy atom. The minimum Gasteiger partial charge on any atom is -0.484 e. The van der Waals surface area contributed by atoms with Crippen LogP contribution in [0.4, 0.5) is 5.69 Å². The number of imidazole rings is 1. The molecule has 1 aromatic heterocycles. The van der Waals surface area contributed by atoms with Gasteiger partial charge < -0.3 is 14.2 Å². The van der Waals surface area contributed by atoms with Crippen molar-refractivity contribution < 1.29 is 9.53 Å². The number of rotatable bonds is 8. The summed E-state index contributed by atoms with van der Waals surface area (Å²) < 4.78 is 8.33. The van der Waals surface area contributed by atoms with Gasteiger partial charge in [0.05, 0.1) is 23.8 Å². The van der Waals surface area contributed by atoms with Crippen LogP contribution in [0, 0.1) is 0 Å². The molecule has 162 valence electrons. The molecule has 0 N–H and O–H groups in total. The molecular weight excluding hydrogens is 430 g/mol. The van der Waals surface area contributed by atoms with Crippen molar-refractivity contribution in [1.29, 1.82) is 0 Å². The van der Waals surface area contributed by atoms with Gasteiger partial charge in [0.25, 0.3) is 0 Å². The monoisotopic (exact) mass is 455 g/mol. The third-order valence-corrected chi connectivity index (χ3v) is 7.01. The normalized spacial score (nSPS) is 16.8. The third kappa shape index (κ3) is 5.08. The van der Waals surface area contributed by atoms with Crippen LogP contribution in [0.1, 0.15) is 37.9 Å². The fraction of sp³-hybridized carbons (Fsp3) is 0.333. The SMILES string of the molecule is CCCCC1Sc2ccc(C(Cn3ccnc3)Oc3ccc(Cl)cc3)cc2N(C)C1=O. The molecule has 5 nitrogen and oxygen atoms in total. The van der Waals surface area contributed by atoms with E-state index in [2.05, 4.69) is 30.1 Å². The molecular formula is C24H26ClN3O2S. The van der Waals surface area contributed by atoms with Gasteiger partial charge in [-0.1, -0.05) is 37.4 Å². The summed E-state index contributed by atoms with van der Waals surface area (Å²) in [5, 5.41) is 0.664. The van der Waals surface area contributed by atoms with E-state index in [0.29, 0.717) is 11.6 Å². The van der Waals surface area contributed by atoms with E-state index in [1.165, 1.54) is 0 Å². The molecule has 1 aliphatic rings. The number of amides is 1. The number of nitrogens with zero attached hydrogens (tertiary/aromatic N) is 3. The summed E-state index contributed by atoms with van der Waals surface area (Å²) in [5.74, 6) is 0.915. The highest BCUT2D eigenvalue weighted by molar-refractivity contribution is 8.01. The van der Waals surface area contributed by atoms with E-state index < -0.39 is 0 Å². The standard InChI is InChI=1S/C24H26ClN3O2S/c1-3-4-5-23-24(29)27(2)20-14-17(6-11-22(20)31-23)21(15-28-13-12-26-16-28)30-19-9-7-18(25)8-10-19/h6-14,16,21,23H,3-5,15H2,1-2H3. The summed E-state index contributed by atoms with van der Waals surface area (Å²) in [6.07, 6.45) is 8.28. The number of halogens is 1. The number of hydrogen-bond acceptors (Lipinski definition) is 4. The van der Waals surface area contributed by atoms with E-state index in [0.717, 1.165) is 41.2 Å². The van der Waals surface area contributed by atoms with Crippen molar-refractivity contribution in [3.05, 3.63) is 71.8 Å². The largest absolute Gasteiger partial charge is 0.484 e. The molecule has 0 saturated heterocycles. The first-order chi connectivity index (χ1) is 15.0. The van der Waals surface area contributed by atoms with Crippen molar-refractivity contribution >= 4 is 35.0 Å². The molecule has 31 heavy (non-hydrogen) atoms. The van der Waals surface area contributed by atoms with E-state index in [1.54, 1.807) is 29.2 Å². The molecule has 0 aliphatic carbocycles. The van der Waals surface area contributed by atoms with Crippen LogP contribution in [-0.4, -0.2) is 27.8 Å². The Morgan fingerprint density at radius 1 is 1.23 bits per heavy atom. The zero-order valence-corrected chi connectivity index (χ0v) is 19.3. The minimum atomic E-state index is -0.244. The fourth-order valence-corrected chi connectivity index (χ4v) is 5.12. The minimum absolute atomic E-state index is 0.00429. The van der Waals surface area contributed by atoms with Crippen LogP contribution >= 0.6 is 23.4 Å². The lowest BCUT2D eigenvalue weighted by Crippen LogP contribution is -2.38. The summed E-state index contributed by atoms with van der Waals surface area (Å²) in [7, 11) is 1.87. The summed E-state index contributed by atoms with van der Waals surface area (Å²) in [4.78, 5) is 20.0. The number of anilines is 1. The lowest BCUT2D eigenvalue weighted by molar-refractivity contribution is -0.118. The van der Waals surface area contributed by atoms with E-state index in [1.807, 2.05) is 42.1 Å². The van der Waals surface area contributed by atoms with Gasteiger partial charge in [0.2, 0.25) is 5.91 Å². The van der Waals surface area contributed by atoms with Gasteiger partial charge in [-0.25, -0.2) is 4.98 Å². The highest BCUT2D eigenvalue weighted by atomic mass is 35.5. The maximum Gasteiger partial charge on any atom is 0.240 e. The van der Waals surface area contributed by atoms with Crippen molar-refractivity contribution in [2.75, 3.05) is 11.9 Å². The van der Waals surface area contributed by atoms with Crippen LogP contribution in [0.25, 0.3) is 0 Å². The Hall–Kier alpha value is -2.44. The van der Waals surface area contributed by atoms with Crippen molar-refractivity contribution in [2.45, 2.75) is 49.0 Å². The second kappa shape index (κ2) is 9.79. The van der Waals surface area contributed by atoms with Crippen molar-refractivity contribution in [3.8, 4) is 5.75 Å². The van der Waals surface area contributed by atoms with E-state index >= 15 is 0 Å². The van der Waals surface area contributed by atoms with Gasteiger partial charge in [-0.2, -0.15) is 0 Å². The molecule has 2 aromatic carbocycles. The van der Waals surface area contributed by atoms with E-state index in [9.17, 15) is 4.79 Å². The smallest absolute Gasteiger partial charge is 0.240 e. The average Bonchev–Trinajstić information content (AvgIpc) is 3.29. The molecule has 7 heteroatoms. The molecule has 2 heterocycles. The number of benzene rings is 2. The first kappa shape index (κ1) is 21.8. The Morgan fingerprint density at radius 3 is 2.74 bits per heavy atom. The summed E-state index contributed by atoms with van der Waals surface area (Å²) in [6.45, 7) is 2.76. The van der Waals surface area contributed by atoms with Crippen LogP contribution in [0.5, 0.6) is 5.75 Å². The molecule has 3 aromatic rings. The summed E-state index contributed by atoms with van der Waals surface area (Å²) >= 11 is 7.70. The van der Waals surface area contributed by atoms with Crippen molar-refractivity contribution in [2.24, 2.45) is 0 Å². The molecule has 2 unspecified atom stereocenters. The maximum atomic E-state index is 12.9. The lowest BCUT2D eigenvalue weighted by Gasteiger charge is -2.32. The van der Waals surface area contributed by atoms with Gasteiger partial charge >= 0.3 is 0 Å². The number of carbonyl (C=O) groups is 1. The quantitative estimate of drug-likeness (QED) is 0.419. The molecule has 0 saturated carbocycles. The molecule has 0 bridgehead atoms. The number of unbranched alkanes of at least 4 members (excludes halogenated alkanes) is 1. The van der Waals surface area contributed by atoms with Gasteiger partial charge in [0.1, 0.15) is 11.9 Å². The van der Waals surface area contributed by atoms with Gasteiger partial charge in [0.15, 0.2) is 0 Å². The average molecular weight is 456 g/mol. The highest BCUT2D eigenvalue weighted by Crippen LogP contribution is 2.42. The van der Waals surface area contributed by atoms with E-state index in [4.69, 9.17) is 16.3 Å². The zero-order chi connectivity index (χ0) is 21.8. The molecule has 0 spiro atoms. The van der Waals surface area contributed by atoms with E-state index in [-0.39, 0.29) is 17.3 Å². The fourth-order valence-electron chi connectivity index (χ4n) is 3.68. The predicted octanol–water partition coefficient (Wildman–Crippen LogP) is 5.98. The highest BCUT2D eigenvalue weighted by Gasteiger charge is 2.31. The van der Waals surface area contributed by atoms with Gasteiger partial charge in [-0.3, -0.25) is 4.79 Å². The zero-order valence-electron chi connectivity index (χ0n) is 17.7.